The van der Waals surface area contributed by atoms with Gasteiger partial charge in [-0.25, -0.2) is 4.98 Å². The number of piperazine rings is 1. The molecular weight excluding hydrogens is 416 g/mol. The lowest BCUT2D eigenvalue weighted by Crippen LogP contribution is -2.50. The zero-order chi connectivity index (χ0) is 21.6. The van der Waals surface area contributed by atoms with Crippen LogP contribution in [0.2, 0.25) is 5.02 Å². The molecule has 1 fully saturated rings. The normalized spacial score (nSPS) is 13.7. The van der Waals surface area contributed by atoms with E-state index in [-0.39, 0.29) is 12.5 Å². The van der Waals surface area contributed by atoms with E-state index in [0.29, 0.717) is 42.8 Å². The number of hydrogen-bond acceptors (Lipinski definition) is 7. The number of carbonyl (C=O) groups is 1. The fourth-order valence-electron chi connectivity index (χ4n) is 3.25. The Morgan fingerprint density at radius 2 is 1.81 bits per heavy atom. The standard InChI is InChI=1S/C22H23ClN6O2/c1-16-8-9-24-20(14-16)25-19-6-7-21(27-26-19)28-10-12-29(13-11-28)22(30)15-31-18-4-2-17(23)3-5-18/h2-9,14H,10-13,15H2,1H3,(H,24,25,26). The molecule has 9 heteroatoms. The largest absolute Gasteiger partial charge is 0.484 e. The van der Waals surface area contributed by atoms with Gasteiger partial charge in [0.1, 0.15) is 11.6 Å². The average molecular weight is 439 g/mol. The molecule has 0 bridgehead atoms. The summed E-state index contributed by atoms with van der Waals surface area (Å²) in [5.41, 5.74) is 1.12. The van der Waals surface area contributed by atoms with Gasteiger partial charge in [-0.05, 0) is 61.0 Å². The number of ether oxygens (including phenoxy) is 1. The van der Waals surface area contributed by atoms with Crippen molar-refractivity contribution in [2.45, 2.75) is 6.92 Å². The van der Waals surface area contributed by atoms with Crippen molar-refractivity contribution in [2.24, 2.45) is 0 Å². The molecule has 0 unspecified atom stereocenters. The number of nitrogens with zero attached hydrogens (tertiary/aromatic N) is 5. The minimum Gasteiger partial charge on any atom is -0.484 e. The molecule has 0 saturated carbocycles. The lowest BCUT2D eigenvalue weighted by atomic mass is 10.3. The number of aryl methyl sites for hydroxylation is 1. The van der Waals surface area contributed by atoms with Crippen molar-refractivity contribution in [3.63, 3.8) is 0 Å². The van der Waals surface area contributed by atoms with Gasteiger partial charge < -0.3 is 19.9 Å². The molecule has 4 rings (SSSR count). The highest BCUT2D eigenvalue weighted by Crippen LogP contribution is 2.18. The third-order valence-corrected chi connectivity index (χ3v) is 5.21. The van der Waals surface area contributed by atoms with E-state index < -0.39 is 0 Å². The van der Waals surface area contributed by atoms with Crippen molar-refractivity contribution in [1.29, 1.82) is 0 Å². The van der Waals surface area contributed by atoms with E-state index in [9.17, 15) is 4.79 Å². The monoisotopic (exact) mass is 438 g/mol. The van der Waals surface area contributed by atoms with E-state index in [1.165, 1.54) is 0 Å². The van der Waals surface area contributed by atoms with Crippen LogP contribution in [0.5, 0.6) is 5.75 Å². The lowest BCUT2D eigenvalue weighted by molar-refractivity contribution is -0.133. The van der Waals surface area contributed by atoms with Gasteiger partial charge in [0.2, 0.25) is 0 Å². The fourth-order valence-corrected chi connectivity index (χ4v) is 3.37. The molecule has 3 heterocycles. The van der Waals surface area contributed by atoms with Crippen LogP contribution in [0, 0.1) is 6.92 Å². The van der Waals surface area contributed by atoms with Crippen LogP contribution in [0.3, 0.4) is 0 Å². The molecule has 31 heavy (non-hydrogen) atoms. The molecule has 0 spiro atoms. The van der Waals surface area contributed by atoms with Gasteiger partial charge in [0, 0.05) is 37.4 Å². The Labute approximate surface area is 185 Å². The molecule has 1 aliphatic heterocycles. The van der Waals surface area contributed by atoms with Crippen LogP contribution in [-0.2, 0) is 4.79 Å². The zero-order valence-electron chi connectivity index (χ0n) is 17.2. The number of benzene rings is 1. The Bertz CT molecular complexity index is 1020. The van der Waals surface area contributed by atoms with Crippen molar-refractivity contribution in [3.05, 3.63) is 65.3 Å². The van der Waals surface area contributed by atoms with Gasteiger partial charge in [0.25, 0.3) is 5.91 Å². The molecule has 2 aromatic heterocycles. The summed E-state index contributed by atoms with van der Waals surface area (Å²) >= 11 is 5.86. The van der Waals surface area contributed by atoms with E-state index in [4.69, 9.17) is 16.3 Å². The Balaban J connectivity index is 1.26. The maximum atomic E-state index is 12.4. The molecule has 3 aromatic rings. The van der Waals surface area contributed by atoms with E-state index in [1.54, 1.807) is 35.4 Å². The Hall–Kier alpha value is -3.39. The summed E-state index contributed by atoms with van der Waals surface area (Å²) in [6, 6.07) is 14.7. The summed E-state index contributed by atoms with van der Waals surface area (Å²) in [5.74, 6) is 2.74. The minimum atomic E-state index is -0.0362. The molecule has 0 aliphatic carbocycles. The van der Waals surface area contributed by atoms with Crippen LogP contribution in [0.15, 0.2) is 54.7 Å². The molecule has 0 radical (unpaired) electrons. The summed E-state index contributed by atoms with van der Waals surface area (Å²) in [6.45, 7) is 4.61. The van der Waals surface area contributed by atoms with Gasteiger partial charge in [-0.2, -0.15) is 0 Å². The van der Waals surface area contributed by atoms with E-state index in [0.717, 1.165) is 17.2 Å². The second-order valence-corrected chi connectivity index (χ2v) is 7.67. The number of amides is 1. The van der Waals surface area contributed by atoms with Gasteiger partial charge in [-0.1, -0.05) is 11.6 Å². The van der Waals surface area contributed by atoms with E-state index >= 15 is 0 Å². The van der Waals surface area contributed by atoms with Gasteiger partial charge >= 0.3 is 0 Å². The molecule has 1 saturated heterocycles. The highest BCUT2D eigenvalue weighted by molar-refractivity contribution is 6.30. The molecule has 1 amide bonds. The maximum Gasteiger partial charge on any atom is 0.260 e. The number of hydrogen-bond donors (Lipinski definition) is 1. The molecule has 1 aliphatic rings. The second kappa shape index (κ2) is 9.61. The van der Waals surface area contributed by atoms with Crippen LogP contribution in [0.1, 0.15) is 5.56 Å². The first-order valence-corrected chi connectivity index (χ1v) is 10.4. The highest BCUT2D eigenvalue weighted by Gasteiger charge is 2.22. The predicted molar refractivity (Wildman–Crippen MR) is 120 cm³/mol. The molecule has 1 N–H and O–H groups in total. The van der Waals surface area contributed by atoms with Gasteiger partial charge in [0.15, 0.2) is 18.2 Å². The molecule has 8 nitrogen and oxygen atoms in total. The summed E-state index contributed by atoms with van der Waals surface area (Å²) in [6.07, 6.45) is 1.75. The van der Waals surface area contributed by atoms with E-state index in [2.05, 4.69) is 25.4 Å². The zero-order valence-corrected chi connectivity index (χ0v) is 17.9. The first-order valence-electron chi connectivity index (χ1n) is 10.0. The smallest absolute Gasteiger partial charge is 0.260 e. The summed E-state index contributed by atoms with van der Waals surface area (Å²) in [7, 11) is 0. The van der Waals surface area contributed by atoms with Gasteiger partial charge in [0.05, 0.1) is 0 Å². The van der Waals surface area contributed by atoms with Gasteiger partial charge in [-0.15, -0.1) is 10.2 Å². The van der Waals surface area contributed by atoms with Crippen LogP contribution in [-0.4, -0.2) is 58.8 Å². The third kappa shape index (κ3) is 5.61. The topological polar surface area (TPSA) is 83.5 Å². The van der Waals surface area contributed by atoms with E-state index in [1.807, 2.05) is 31.2 Å². The van der Waals surface area contributed by atoms with Crippen molar-refractivity contribution in [3.8, 4) is 5.75 Å². The quantitative estimate of drug-likeness (QED) is 0.632. The summed E-state index contributed by atoms with van der Waals surface area (Å²) in [4.78, 5) is 20.6. The molecule has 1 aromatic carbocycles. The summed E-state index contributed by atoms with van der Waals surface area (Å²) in [5, 5.41) is 12.4. The van der Waals surface area contributed by atoms with Crippen LogP contribution >= 0.6 is 11.6 Å². The van der Waals surface area contributed by atoms with Crippen molar-refractivity contribution >= 4 is 35.0 Å². The SMILES string of the molecule is Cc1ccnc(Nc2ccc(N3CCN(C(=O)COc4ccc(Cl)cc4)CC3)nn2)c1. The number of anilines is 3. The minimum absolute atomic E-state index is 0.00873. The number of rotatable bonds is 6. The van der Waals surface area contributed by atoms with Crippen molar-refractivity contribution in [1.82, 2.24) is 20.1 Å². The Kier molecular flexibility index (Phi) is 6.47. The molecule has 0 atom stereocenters. The average Bonchev–Trinajstić information content (AvgIpc) is 2.79. The number of carbonyl (C=O) groups excluding carboxylic acids is 1. The number of nitrogens with one attached hydrogen (secondary N) is 1. The molecular formula is C22H23ClN6O2. The summed E-state index contributed by atoms with van der Waals surface area (Å²) < 4.78 is 5.56. The van der Waals surface area contributed by atoms with Crippen molar-refractivity contribution < 1.29 is 9.53 Å². The first-order chi connectivity index (χ1) is 15.1. The fraction of sp³-hybridized carbons (Fsp3) is 0.273. The highest BCUT2D eigenvalue weighted by atomic mass is 35.5. The van der Waals surface area contributed by atoms with Crippen LogP contribution in [0.25, 0.3) is 0 Å². The lowest BCUT2D eigenvalue weighted by Gasteiger charge is -2.35. The third-order valence-electron chi connectivity index (χ3n) is 4.95. The Morgan fingerprint density at radius 1 is 1.03 bits per heavy atom. The van der Waals surface area contributed by atoms with Crippen LogP contribution in [0.4, 0.5) is 17.5 Å². The number of aromatic nitrogens is 3. The number of pyridine rings is 1. The first kappa shape index (κ1) is 20.9. The van der Waals surface area contributed by atoms with Gasteiger partial charge in [-0.3, -0.25) is 4.79 Å². The van der Waals surface area contributed by atoms with Crippen molar-refractivity contribution in [2.75, 3.05) is 43.0 Å². The maximum absolute atomic E-state index is 12.4. The second-order valence-electron chi connectivity index (χ2n) is 7.23. The number of halogens is 1. The Morgan fingerprint density at radius 3 is 2.48 bits per heavy atom. The predicted octanol–water partition coefficient (Wildman–Crippen LogP) is 3.30. The van der Waals surface area contributed by atoms with Crippen LogP contribution < -0.4 is 15.0 Å². The molecule has 160 valence electrons.